The van der Waals surface area contributed by atoms with Gasteiger partial charge in [0.15, 0.2) is 0 Å². The minimum Gasteiger partial charge on any atom is -0.374 e. The number of H-pyrrole nitrogens is 1. The molecule has 1 saturated carbocycles. The Hall–Kier alpha value is -1.85. The predicted molar refractivity (Wildman–Crippen MR) is 87.4 cm³/mol. The van der Waals surface area contributed by atoms with E-state index in [1.165, 1.54) is 0 Å². The fraction of sp³-hybridized carbons (Fsp3) is 0.412. The maximum Gasteiger partial charge on any atom is 0.272 e. The molecule has 5 nitrogen and oxygen atoms in total. The van der Waals surface area contributed by atoms with Crippen LogP contribution >= 0.6 is 11.6 Å². The zero-order valence-electron chi connectivity index (χ0n) is 12.7. The van der Waals surface area contributed by atoms with Crippen molar-refractivity contribution in [2.75, 3.05) is 13.2 Å². The molecule has 1 aromatic carbocycles. The summed E-state index contributed by atoms with van der Waals surface area (Å²) in [5, 5.41) is 7.75. The van der Waals surface area contributed by atoms with Crippen LogP contribution in [0.15, 0.2) is 30.3 Å². The molecule has 2 aliphatic rings. The molecule has 1 amide bonds. The lowest BCUT2D eigenvalue weighted by molar-refractivity contribution is -0.0447. The second-order valence-electron chi connectivity index (χ2n) is 6.05. The molecule has 2 aromatic rings. The minimum absolute atomic E-state index is 0.00370. The van der Waals surface area contributed by atoms with Gasteiger partial charge in [-0.05, 0) is 31.4 Å². The van der Waals surface area contributed by atoms with Gasteiger partial charge in [0.05, 0.1) is 29.5 Å². The monoisotopic (exact) mass is 331 g/mol. The number of benzene rings is 1. The van der Waals surface area contributed by atoms with Crippen LogP contribution in [-0.2, 0) is 4.74 Å². The molecular formula is C17H18ClN3O2. The van der Waals surface area contributed by atoms with Crippen molar-refractivity contribution in [3.63, 3.8) is 0 Å². The van der Waals surface area contributed by atoms with Crippen LogP contribution in [0.4, 0.5) is 0 Å². The molecule has 23 heavy (non-hydrogen) atoms. The molecular weight excluding hydrogens is 314 g/mol. The number of hydrogen-bond acceptors (Lipinski definition) is 3. The highest BCUT2D eigenvalue weighted by Crippen LogP contribution is 2.31. The van der Waals surface area contributed by atoms with E-state index in [9.17, 15) is 4.79 Å². The second-order valence-corrected chi connectivity index (χ2v) is 6.46. The summed E-state index contributed by atoms with van der Waals surface area (Å²) >= 11 is 6.20. The molecule has 120 valence electrons. The first-order valence-electron chi connectivity index (χ1n) is 7.97. The Kier molecular flexibility index (Phi) is 3.83. The van der Waals surface area contributed by atoms with E-state index in [4.69, 9.17) is 16.3 Å². The highest BCUT2D eigenvalue weighted by Gasteiger charge is 2.39. The van der Waals surface area contributed by atoms with Gasteiger partial charge in [0.1, 0.15) is 5.69 Å². The molecule has 1 aromatic heterocycles. The van der Waals surface area contributed by atoms with E-state index < -0.39 is 0 Å². The summed E-state index contributed by atoms with van der Waals surface area (Å²) in [5.74, 6) is -0.00370. The number of carbonyl (C=O) groups excluding carboxylic acids is 1. The summed E-state index contributed by atoms with van der Waals surface area (Å²) in [6.07, 6.45) is 3.37. The molecule has 0 radical (unpaired) electrons. The normalized spacial score (nSPS) is 23.8. The number of aromatic nitrogens is 2. The third kappa shape index (κ3) is 2.64. The maximum absolute atomic E-state index is 12.8. The van der Waals surface area contributed by atoms with Crippen molar-refractivity contribution >= 4 is 17.5 Å². The molecule has 0 spiro atoms. The topological polar surface area (TPSA) is 58.2 Å². The van der Waals surface area contributed by atoms with E-state index in [1.54, 1.807) is 6.07 Å². The van der Waals surface area contributed by atoms with Gasteiger partial charge in [-0.3, -0.25) is 9.89 Å². The summed E-state index contributed by atoms with van der Waals surface area (Å²) in [6.45, 7) is 1.25. The van der Waals surface area contributed by atoms with Gasteiger partial charge < -0.3 is 9.64 Å². The molecule has 0 unspecified atom stereocenters. The summed E-state index contributed by atoms with van der Waals surface area (Å²) < 4.78 is 5.77. The first kappa shape index (κ1) is 14.7. The van der Waals surface area contributed by atoms with Gasteiger partial charge in [-0.1, -0.05) is 29.8 Å². The SMILES string of the molecule is O=C(c1cc(-c2ccccc2Cl)n[nH]1)N1CCO[C@H]2CCC[C@@H]21. The van der Waals surface area contributed by atoms with Crippen molar-refractivity contribution in [1.82, 2.24) is 15.1 Å². The quantitative estimate of drug-likeness (QED) is 0.919. The van der Waals surface area contributed by atoms with Gasteiger partial charge in [0.25, 0.3) is 5.91 Å². The lowest BCUT2D eigenvalue weighted by Crippen LogP contribution is -2.51. The van der Waals surface area contributed by atoms with Gasteiger partial charge in [0, 0.05) is 12.1 Å². The van der Waals surface area contributed by atoms with Crippen molar-refractivity contribution < 1.29 is 9.53 Å². The minimum atomic E-state index is -0.00370. The van der Waals surface area contributed by atoms with Crippen LogP contribution in [-0.4, -0.2) is 46.3 Å². The highest BCUT2D eigenvalue weighted by atomic mass is 35.5. The average molecular weight is 332 g/mol. The van der Waals surface area contributed by atoms with Gasteiger partial charge in [-0.15, -0.1) is 0 Å². The third-order valence-corrected chi connectivity index (χ3v) is 5.03. The van der Waals surface area contributed by atoms with E-state index >= 15 is 0 Å². The molecule has 6 heteroatoms. The van der Waals surface area contributed by atoms with Crippen molar-refractivity contribution in [3.8, 4) is 11.3 Å². The van der Waals surface area contributed by atoms with Crippen LogP contribution in [0.25, 0.3) is 11.3 Å². The highest BCUT2D eigenvalue weighted by molar-refractivity contribution is 6.33. The van der Waals surface area contributed by atoms with Crippen LogP contribution in [0, 0.1) is 0 Å². The Morgan fingerprint density at radius 1 is 1.35 bits per heavy atom. The third-order valence-electron chi connectivity index (χ3n) is 4.70. The van der Waals surface area contributed by atoms with E-state index in [0.29, 0.717) is 29.6 Å². The number of morpholine rings is 1. The largest absolute Gasteiger partial charge is 0.374 e. The molecule has 1 aliphatic heterocycles. The first-order chi connectivity index (χ1) is 11.2. The lowest BCUT2D eigenvalue weighted by atomic mass is 10.1. The number of fused-ring (bicyclic) bond motifs is 1. The van der Waals surface area contributed by atoms with Crippen molar-refractivity contribution in [2.24, 2.45) is 0 Å². The smallest absolute Gasteiger partial charge is 0.272 e. The van der Waals surface area contributed by atoms with Gasteiger partial charge in [-0.25, -0.2) is 0 Å². The molecule has 4 rings (SSSR count). The Bertz CT molecular complexity index is 730. The molecule has 1 N–H and O–H groups in total. The Morgan fingerprint density at radius 3 is 3.09 bits per heavy atom. The number of halogens is 1. The Morgan fingerprint density at radius 2 is 2.22 bits per heavy atom. The van der Waals surface area contributed by atoms with Crippen molar-refractivity contribution in [2.45, 2.75) is 31.4 Å². The average Bonchev–Trinajstić information content (AvgIpc) is 3.23. The molecule has 2 atom stereocenters. The number of ether oxygens (including phenoxy) is 1. The molecule has 0 bridgehead atoms. The number of nitrogens with one attached hydrogen (secondary N) is 1. The van der Waals surface area contributed by atoms with Gasteiger partial charge in [0.2, 0.25) is 0 Å². The summed E-state index contributed by atoms with van der Waals surface area (Å²) in [5.41, 5.74) is 2.02. The first-order valence-corrected chi connectivity index (χ1v) is 8.35. The van der Waals surface area contributed by atoms with E-state index in [0.717, 1.165) is 24.8 Å². The van der Waals surface area contributed by atoms with Crippen molar-refractivity contribution in [3.05, 3.63) is 41.0 Å². The van der Waals surface area contributed by atoms with E-state index in [-0.39, 0.29) is 18.1 Å². The van der Waals surface area contributed by atoms with E-state index in [2.05, 4.69) is 10.2 Å². The summed E-state index contributed by atoms with van der Waals surface area (Å²) in [4.78, 5) is 14.8. The lowest BCUT2D eigenvalue weighted by Gasteiger charge is -2.37. The number of amides is 1. The molecule has 1 saturated heterocycles. The van der Waals surface area contributed by atoms with Gasteiger partial charge in [-0.2, -0.15) is 5.10 Å². The van der Waals surface area contributed by atoms with Crippen LogP contribution in [0.2, 0.25) is 5.02 Å². The fourth-order valence-corrected chi connectivity index (χ4v) is 3.80. The standard InChI is InChI=1S/C17H18ClN3O2/c18-12-5-2-1-4-11(12)13-10-14(20-19-13)17(22)21-8-9-23-16-7-3-6-15(16)21/h1-2,4-5,10,15-16H,3,6-9H2,(H,19,20)/t15-,16-/m0/s1. The number of aromatic amines is 1. The van der Waals surface area contributed by atoms with Crippen LogP contribution in [0.3, 0.4) is 0 Å². The molecule has 2 fully saturated rings. The second kappa shape index (κ2) is 5.98. The van der Waals surface area contributed by atoms with Crippen LogP contribution < -0.4 is 0 Å². The Balaban J connectivity index is 1.59. The number of hydrogen-bond donors (Lipinski definition) is 1. The van der Waals surface area contributed by atoms with Crippen molar-refractivity contribution in [1.29, 1.82) is 0 Å². The summed E-state index contributed by atoms with van der Waals surface area (Å²) in [7, 11) is 0. The number of carbonyl (C=O) groups is 1. The number of rotatable bonds is 2. The molecule has 2 heterocycles. The predicted octanol–water partition coefficient (Wildman–Crippen LogP) is 3.12. The van der Waals surface area contributed by atoms with Crippen LogP contribution in [0.5, 0.6) is 0 Å². The Labute approximate surface area is 139 Å². The zero-order chi connectivity index (χ0) is 15.8. The van der Waals surface area contributed by atoms with E-state index in [1.807, 2.05) is 29.2 Å². The van der Waals surface area contributed by atoms with Gasteiger partial charge >= 0.3 is 0 Å². The van der Waals surface area contributed by atoms with Crippen LogP contribution in [0.1, 0.15) is 29.8 Å². The zero-order valence-corrected chi connectivity index (χ0v) is 13.4. The summed E-state index contributed by atoms with van der Waals surface area (Å²) in [6, 6.07) is 9.47. The fourth-order valence-electron chi connectivity index (χ4n) is 3.57. The molecule has 1 aliphatic carbocycles. The maximum atomic E-state index is 12.8. The number of nitrogens with zero attached hydrogens (tertiary/aromatic N) is 2.